The van der Waals surface area contributed by atoms with Gasteiger partial charge in [-0.1, -0.05) is 6.07 Å². The van der Waals surface area contributed by atoms with Crippen LogP contribution in [-0.2, 0) is 19.8 Å². The van der Waals surface area contributed by atoms with Gasteiger partial charge < -0.3 is 5.32 Å². The lowest BCUT2D eigenvalue weighted by Gasteiger charge is -2.00. The largest absolute Gasteiger partial charge is 0.453 e. The van der Waals surface area contributed by atoms with Gasteiger partial charge in [-0.15, -0.1) is 16.4 Å². The zero-order chi connectivity index (χ0) is 17.3. The van der Waals surface area contributed by atoms with Crippen LogP contribution >= 0.6 is 11.3 Å². The van der Waals surface area contributed by atoms with Gasteiger partial charge in [0, 0.05) is 7.05 Å². The van der Waals surface area contributed by atoms with Gasteiger partial charge in [0.1, 0.15) is 5.82 Å². The van der Waals surface area contributed by atoms with E-state index in [0.29, 0.717) is 0 Å². The van der Waals surface area contributed by atoms with Gasteiger partial charge in [-0.25, -0.2) is 4.98 Å². The number of nitrogens with zero attached hydrogens (tertiary/aromatic N) is 4. The first-order valence-corrected chi connectivity index (χ1v) is 7.57. The molecule has 0 saturated heterocycles. The molecule has 0 aromatic carbocycles. The smallest absolute Gasteiger partial charge is 0.343 e. The lowest BCUT2D eigenvalue weighted by molar-refractivity contribution is -0.144. The van der Waals surface area contributed by atoms with Crippen LogP contribution in [0.4, 0.5) is 13.2 Å². The molecule has 0 aliphatic rings. The van der Waals surface area contributed by atoms with E-state index in [2.05, 4.69) is 25.6 Å². The quantitative estimate of drug-likeness (QED) is 0.750. The zero-order valence-corrected chi connectivity index (χ0v) is 13.1. The maximum absolute atomic E-state index is 12.4. The fourth-order valence-electron chi connectivity index (χ4n) is 1.99. The van der Waals surface area contributed by atoms with Crippen LogP contribution in [0.3, 0.4) is 0 Å². The summed E-state index contributed by atoms with van der Waals surface area (Å²) in [6.45, 7) is -0.215. The summed E-state index contributed by atoms with van der Waals surface area (Å²) in [6, 6.07) is 5.40. The second-order valence-corrected chi connectivity index (χ2v) is 5.75. The Morgan fingerprint density at radius 3 is 2.88 bits per heavy atom. The second kappa shape index (κ2) is 6.07. The number of aryl methyl sites for hydroxylation is 1. The molecule has 0 saturated carbocycles. The number of thiophene rings is 1. The highest BCUT2D eigenvalue weighted by Crippen LogP contribution is 2.26. The summed E-state index contributed by atoms with van der Waals surface area (Å²) in [4.78, 5) is 16.3. The maximum Gasteiger partial charge on any atom is 0.453 e. The molecule has 3 rings (SSSR count). The van der Waals surface area contributed by atoms with E-state index in [1.54, 1.807) is 17.8 Å². The summed E-state index contributed by atoms with van der Waals surface area (Å²) >= 11 is 1.51. The van der Waals surface area contributed by atoms with Gasteiger partial charge in [-0.3, -0.25) is 14.6 Å². The summed E-state index contributed by atoms with van der Waals surface area (Å²) < 4.78 is 38.8. The number of nitrogens with one attached hydrogen (secondary N) is 2. The van der Waals surface area contributed by atoms with E-state index in [0.717, 1.165) is 10.6 Å². The number of H-pyrrole nitrogens is 1. The Kier molecular flexibility index (Phi) is 4.09. The molecule has 0 aliphatic heterocycles. The molecule has 2 N–H and O–H groups in total. The number of rotatable bonds is 4. The van der Waals surface area contributed by atoms with E-state index < -0.39 is 17.9 Å². The number of aromatic nitrogens is 5. The number of hydrogen-bond donors (Lipinski definition) is 2. The first kappa shape index (κ1) is 16.2. The molecule has 3 heterocycles. The molecule has 0 aliphatic carbocycles. The Morgan fingerprint density at radius 1 is 1.46 bits per heavy atom. The average molecular weight is 356 g/mol. The van der Waals surface area contributed by atoms with Crippen LogP contribution in [0.5, 0.6) is 0 Å². The van der Waals surface area contributed by atoms with Crippen LogP contribution in [0.2, 0.25) is 0 Å². The number of aromatic amines is 1. The van der Waals surface area contributed by atoms with Gasteiger partial charge in [-0.2, -0.15) is 18.3 Å². The predicted molar refractivity (Wildman–Crippen MR) is 79.1 cm³/mol. The third-order valence-electron chi connectivity index (χ3n) is 3.09. The van der Waals surface area contributed by atoms with E-state index in [-0.39, 0.29) is 18.1 Å². The highest BCUT2D eigenvalue weighted by molar-refractivity contribution is 7.13. The first-order valence-electron chi connectivity index (χ1n) is 6.69. The van der Waals surface area contributed by atoms with E-state index in [9.17, 15) is 18.0 Å². The first-order chi connectivity index (χ1) is 11.3. The monoisotopic (exact) mass is 356 g/mol. The molecule has 3 aromatic heterocycles. The minimum absolute atomic E-state index is 0.0925. The van der Waals surface area contributed by atoms with Crippen molar-refractivity contribution in [3.63, 3.8) is 0 Å². The Bertz CT molecular complexity index is 852. The lowest BCUT2D eigenvalue weighted by atomic mass is 10.3. The van der Waals surface area contributed by atoms with Crippen LogP contribution in [0.15, 0.2) is 23.6 Å². The fraction of sp³-hybridized carbons (Fsp3) is 0.231. The van der Waals surface area contributed by atoms with Crippen LogP contribution in [0.1, 0.15) is 22.1 Å². The molecule has 0 radical (unpaired) electrons. The molecular formula is C13H11F3N6OS. The molecule has 0 unspecified atom stereocenters. The Balaban J connectivity index is 1.68. The highest BCUT2D eigenvalue weighted by Gasteiger charge is 2.36. The maximum atomic E-state index is 12.4. The molecule has 0 atom stereocenters. The zero-order valence-electron chi connectivity index (χ0n) is 12.3. The van der Waals surface area contributed by atoms with Crippen molar-refractivity contribution in [2.45, 2.75) is 12.7 Å². The molecule has 1 amide bonds. The van der Waals surface area contributed by atoms with Gasteiger partial charge in [0.2, 0.25) is 0 Å². The van der Waals surface area contributed by atoms with Crippen molar-refractivity contribution in [2.24, 2.45) is 7.05 Å². The molecule has 0 spiro atoms. The Hall–Kier alpha value is -2.69. The van der Waals surface area contributed by atoms with Crippen LogP contribution in [0, 0.1) is 0 Å². The highest BCUT2D eigenvalue weighted by atomic mass is 32.1. The number of halogens is 3. The Morgan fingerprint density at radius 2 is 2.25 bits per heavy atom. The van der Waals surface area contributed by atoms with Crippen LogP contribution in [-0.4, -0.2) is 30.9 Å². The molecule has 11 heteroatoms. The topological polar surface area (TPSA) is 88.5 Å². The lowest BCUT2D eigenvalue weighted by Crippen LogP contribution is -2.24. The average Bonchev–Trinajstić information content (AvgIpc) is 3.23. The van der Waals surface area contributed by atoms with Crippen molar-refractivity contribution in [3.05, 3.63) is 40.9 Å². The summed E-state index contributed by atoms with van der Waals surface area (Å²) in [6.07, 6.45) is -4.63. The second-order valence-electron chi connectivity index (χ2n) is 4.80. The van der Waals surface area contributed by atoms with Gasteiger partial charge in [0.05, 0.1) is 17.1 Å². The minimum Gasteiger partial charge on any atom is -0.343 e. The van der Waals surface area contributed by atoms with Crippen molar-refractivity contribution in [2.75, 3.05) is 0 Å². The SMILES string of the molecule is Cn1nc(C(=O)NCc2nc(C(F)(F)F)n[nH]2)cc1-c1cccs1. The Labute approximate surface area is 137 Å². The van der Waals surface area contributed by atoms with E-state index in [4.69, 9.17) is 0 Å². The summed E-state index contributed by atoms with van der Waals surface area (Å²) in [5, 5.41) is 13.7. The number of amides is 1. The molecule has 126 valence electrons. The summed E-state index contributed by atoms with van der Waals surface area (Å²) in [5.41, 5.74) is 0.936. The molecule has 7 nitrogen and oxygen atoms in total. The van der Waals surface area contributed by atoms with Gasteiger partial charge in [0.25, 0.3) is 11.7 Å². The number of alkyl halides is 3. The van der Waals surface area contributed by atoms with Crippen molar-refractivity contribution >= 4 is 17.2 Å². The van der Waals surface area contributed by atoms with Crippen molar-refractivity contribution < 1.29 is 18.0 Å². The van der Waals surface area contributed by atoms with Crippen molar-refractivity contribution in [1.29, 1.82) is 0 Å². The third kappa shape index (κ3) is 3.30. The summed E-state index contributed by atoms with van der Waals surface area (Å²) in [5.74, 6) is -1.88. The van der Waals surface area contributed by atoms with Crippen molar-refractivity contribution in [3.8, 4) is 10.6 Å². The molecule has 0 bridgehead atoms. The van der Waals surface area contributed by atoms with Gasteiger partial charge in [0.15, 0.2) is 5.69 Å². The molecule has 24 heavy (non-hydrogen) atoms. The minimum atomic E-state index is -4.63. The summed E-state index contributed by atoms with van der Waals surface area (Å²) in [7, 11) is 1.71. The standard InChI is InChI=1S/C13H11F3N6OS/c1-22-8(9-3-2-4-24-9)5-7(21-22)11(23)17-6-10-18-12(20-19-10)13(14,15)16/h2-5H,6H2,1H3,(H,17,23)(H,18,19,20). The third-order valence-corrected chi connectivity index (χ3v) is 3.98. The normalized spacial score (nSPS) is 11.7. The van der Waals surface area contributed by atoms with Gasteiger partial charge >= 0.3 is 6.18 Å². The van der Waals surface area contributed by atoms with E-state index >= 15 is 0 Å². The van der Waals surface area contributed by atoms with Crippen LogP contribution in [0.25, 0.3) is 10.6 Å². The number of hydrogen-bond acceptors (Lipinski definition) is 5. The van der Waals surface area contributed by atoms with Gasteiger partial charge in [-0.05, 0) is 17.5 Å². The number of carbonyl (C=O) groups excluding carboxylic acids is 1. The van der Waals surface area contributed by atoms with Crippen molar-refractivity contribution in [1.82, 2.24) is 30.3 Å². The number of carbonyl (C=O) groups is 1. The van der Waals surface area contributed by atoms with E-state index in [1.807, 2.05) is 17.5 Å². The van der Waals surface area contributed by atoms with Crippen LogP contribution < -0.4 is 5.32 Å². The molecule has 3 aromatic rings. The van der Waals surface area contributed by atoms with E-state index in [1.165, 1.54) is 11.3 Å². The predicted octanol–water partition coefficient (Wildman–Crippen LogP) is 2.22. The fourth-order valence-corrected chi connectivity index (χ4v) is 2.76. The molecular weight excluding hydrogens is 345 g/mol. The molecule has 0 fully saturated rings.